The normalized spacial score (nSPS) is 25.1. The zero-order chi connectivity index (χ0) is 15.4. The number of aliphatic hydroxyl groups excluding tert-OH is 2. The summed E-state index contributed by atoms with van der Waals surface area (Å²) in [5, 5.41) is 30.3. The Labute approximate surface area is 115 Å². The van der Waals surface area contributed by atoms with Crippen LogP contribution in [-0.4, -0.2) is 75.4 Å². The summed E-state index contributed by atoms with van der Waals surface area (Å²) in [6.07, 6.45) is -2.25. The predicted molar refractivity (Wildman–Crippen MR) is 66.4 cm³/mol. The van der Waals surface area contributed by atoms with Gasteiger partial charge < -0.3 is 31.3 Å². The molecule has 0 unspecified atom stereocenters. The lowest BCUT2D eigenvalue weighted by atomic mass is 10.1. The topological polar surface area (TPSA) is 153 Å². The molecule has 0 bridgehead atoms. The van der Waals surface area contributed by atoms with Gasteiger partial charge in [0.1, 0.15) is 12.1 Å². The molecule has 1 aliphatic heterocycles. The van der Waals surface area contributed by atoms with Gasteiger partial charge in [-0.25, -0.2) is 4.79 Å². The zero-order valence-electron chi connectivity index (χ0n) is 11.0. The maximum atomic E-state index is 12.2. The summed E-state index contributed by atoms with van der Waals surface area (Å²) in [5.41, 5.74) is 5.12. The summed E-state index contributed by atoms with van der Waals surface area (Å²) in [7, 11) is 0. The number of carboxylic acids is 1. The first-order valence-corrected chi connectivity index (χ1v) is 6.16. The molecule has 1 fully saturated rings. The Hall–Kier alpha value is -1.71. The number of amides is 2. The lowest BCUT2D eigenvalue weighted by molar-refractivity contribution is -0.150. The van der Waals surface area contributed by atoms with Crippen LogP contribution >= 0.6 is 0 Å². The van der Waals surface area contributed by atoms with Crippen molar-refractivity contribution in [2.24, 2.45) is 5.73 Å². The third kappa shape index (κ3) is 3.65. The van der Waals surface area contributed by atoms with Crippen LogP contribution < -0.4 is 11.1 Å². The molecule has 1 heterocycles. The number of hydrogen-bond acceptors (Lipinski definition) is 6. The third-order valence-corrected chi connectivity index (χ3v) is 3.10. The number of hydrogen-bond donors (Lipinski definition) is 5. The van der Waals surface area contributed by atoms with Crippen LogP contribution in [-0.2, 0) is 14.4 Å². The number of aliphatic carboxylic acids is 1. The quantitative estimate of drug-likeness (QED) is 0.358. The van der Waals surface area contributed by atoms with E-state index in [1.54, 1.807) is 0 Å². The molecule has 114 valence electrons. The summed E-state index contributed by atoms with van der Waals surface area (Å²) in [5.74, 6) is -2.65. The smallest absolute Gasteiger partial charge is 0.326 e. The van der Waals surface area contributed by atoms with Crippen molar-refractivity contribution in [3.8, 4) is 0 Å². The fourth-order valence-electron chi connectivity index (χ4n) is 2.09. The van der Waals surface area contributed by atoms with Crippen LogP contribution in [0.15, 0.2) is 0 Å². The molecule has 0 aromatic heterocycles. The number of carbonyl (C=O) groups excluding carboxylic acids is 2. The van der Waals surface area contributed by atoms with E-state index in [-0.39, 0.29) is 19.5 Å². The fraction of sp³-hybridized carbons (Fsp3) is 0.727. The monoisotopic (exact) mass is 289 g/mol. The third-order valence-electron chi connectivity index (χ3n) is 3.10. The highest BCUT2D eigenvalue weighted by Crippen LogP contribution is 2.19. The van der Waals surface area contributed by atoms with Crippen molar-refractivity contribution in [1.29, 1.82) is 0 Å². The Morgan fingerprint density at radius 3 is 2.50 bits per heavy atom. The number of aliphatic hydroxyl groups is 2. The summed E-state index contributed by atoms with van der Waals surface area (Å²) < 4.78 is 0. The molecular weight excluding hydrogens is 270 g/mol. The standard InChI is InChI=1S/C11H19N3O6/c1-5(15)9(13-8(17)3-12)10(18)14-4-6(16)2-7(14)11(19)20/h5-7,9,15-16H,2-4,12H2,1H3,(H,13,17)(H,19,20)/t5-,6-,7+,9+/m1/s1. The van der Waals surface area contributed by atoms with Crippen molar-refractivity contribution in [2.45, 2.75) is 37.6 Å². The minimum Gasteiger partial charge on any atom is -0.480 e. The Balaban J connectivity index is 2.88. The van der Waals surface area contributed by atoms with Gasteiger partial charge in [0.25, 0.3) is 0 Å². The number of nitrogens with two attached hydrogens (primary N) is 1. The Morgan fingerprint density at radius 2 is 2.05 bits per heavy atom. The Kier molecular flexibility index (Phi) is 5.43. The predicted octanol–water partition coefficient (Wildman–Crippen LogP) is -3.14. The molecule has 1 rings (SSSR count). The number of carbonyl (C=O) groups is 3. The maximum absolute atomic E-state index is 12.2. The van der Waals surface area contributed by atoms with E-state index in [9.17, 15) is 24.6 Å². The first kappa shape index (κ1) is 16.3. The molecule has 4 atom stereocenters. The second kappa shape index (κ2) is 6.64. The van der Waals surface area contributed by atoms with Gasteiger partial charge in [0.2, 0.25) is 11.8 Å². The molecule has 0 aromatic carbocycles. The van der Waals surface area contributed by atoms with Gasteiger partial charge in [0.15, 0.2) is 0 Å². The van der Waals surface area contributed by atoms with E-state index in [4.69, 9.17) is 10.8 Å². The largest absolute Gasteiger partial charge is 0.480 e. The summed E-state index contributed by atoms with van der Waals surface area (Å²) >= 11 is 0. The Bertz CT molecular complexity index is 400. The number of rotatable bonds is 5. The van der Waals surface area contributed by atoms with Gasteiger partial charge in [0.05, 0.1) is 18.8 Å². The number of β-amino-alcohol motifs (C(OH)–C–C–N with tert-alkyl or cyclic N) is 1. The van der Waals surface area contributed by atoms with E-state index < -0.39 is 42.1 Å². The van der Waals surface area contributed by atoms with Gasteiger partial charge >= 0.3 is 5.97 Å². The van der Waals surface area contributed by atoms with Crippen molar-refractivity contribution in [1.82, 2.24) is 10.2 Å². The molecule has 2 amide bonds. The number of nitrogens with zero attached hydrogens (tertiary/aromatic N) is 1. The fourth-order valence-corrected chi connectivity index (χ4v) is 2.09. The number of nitrogens with one attached hydrogen (secondary N) is 1. The van der Waals surface area contributed by atoms with Crippen molar-refractivity contribution < 1.29 is 29.7 Å². The molecule has 0 aromatic rings. The first-order valence-electron chi connectivity index (χ1n) is 6.16. The van der Waals surface area contributed by atoms with Gasteiger partial charge in [0, 0.05) is 13.0 Å². The van der Waals surface area contributed by atoms with Crippen LogP contribution in [0.25, 0.3) is 0 Å². The summed E-state index contributed by atoms with van der Waals surface area (Å²) in [4.78, 5) is 35.5. The SMILES string of the molecule is C[C@@H](O)[C@H](NC(=O)CN)C(=O)N1C[C@H](O)C[C@H]1C(=O)O. The van der Waals surface area contributed by atoms with Gasteiger partial charge in [-0.3, -0.25) is 9.59 Å². The van der Waals surface area contributed by atoms with Crippen molar-refractivity contribution in [3.63, 3.8) is 0 Å². The van der Waals surface area contributed by atoms with Crippen LogP contribution in [0, 0.1) is 0 Å². The van der Waals surface area contributed by atoms with Gasteiger partial charge in [-0.2, -0.15) is 0 Å². The van der Waals surface area contributed by atoms with Gasteiger partial charge in [-0.1, -0.05) is 0 Å². The van der Waals surface area contributed by atoms with E-state index in [2.05, 4.69) is 5.32 Å². The van der Waals surface area contributed by atoms with Crippen molar-refractivity contribution >= 4 is 17.8 Å². The molecule has 0 saturated carbocycles. The number of carboxylic acid groups (broad SMARTS) is 1. The molecule has 0 spiro atoms. The molecule has 0 aliphatic carbocycles. The second-order valence-corrected chi connectivity index (χ2v) is 4.72. The summed E-state index contributed by atoms with van der Waals surface area (Å²) in [6.45, 7) is 0.778. The molecular formula is C11H19N3O6. The maximum Gasteiger partial charge on any atom is 0.326 e. The second-order valence-electron chi connectivity index (χ2n) is 4.72. The van der Waals surface area contributed by atoms with Gasteiger partial charge in [-0.15, -0.1) is 0 Å². The molecule has 6 N–H and O–H groups in total. The van der Waals surface area contributed by atoms with Crippen LogP contribution in [0.3, 0.4) is 0 Å². The Morgan fingerprint density at radius 1 is 1.45 bits per heavy atom. The van der Waals surface area contributed by atoms with Crippen molar-refractivity contribution in [3.05, 3.63) is 0 Å². The average Bonchev–Trinajstić information content (AvgIpc) is 2.76. The molecule has 1 saturated heterocycles. The lowest BCUT2D eigenvalue weighted by Gasteiger charge is -2.28. The average molecular weight is 289 g/mol. The molecule has 0 radical (unpaired) electrons. The van der Waals surface area contributed by atoms with Crippen LogP contribution in [0.1, 0.15) is 13.3 Å². The highest BCUT2D eigenvalue weighted by molar-refractivity contribution is 5.91. The first-order chi connectivity index (χ1) is 9.27. The van der Waals surface area contributed by atoms with E-state index in [1.807, 2.05) is 0 Å². The minimum absolute atomic E-state index is 0.0849. The molecule has 20 heavy (non-hydrogen) atoms. The van der Waals surface area contributed by atoms with Crippen LogP contribution in [0.2, 0.25) is 0 Å². The van der Waals surface area contributed by atoms with E-state index in [0.29, 0.717) is 0 Å². The molecule has 1 aliphatic rings. The minimum atomic E-state index is -1.29. The molecule has 9 heteroatoms. The molecule has 9 nitrogen and oxygen atoms in total. The lowest BCUT2D eigenvalue weighted by Crippen LogP contribution is -2.56. The summed E-state index contributed by atoms with van der Waals surface area (Å²) in [6, 6.07) is -2.47. The van der Waals surface area contributed by atoms with E-state index in [1.165, 1.54) is 6.92 Å². The van der Waals surface area contributed by atoms with E-state index in [0.717, 1.165) is 4.90 Å². The number of likely N-dealkylation sites (tertiary alicyclic amines) is 1. The van der Waals surface area contributed by atoms with Gasteiger partial charge in [-0.05, 0) is 6.92 Å². The zero-order valence-corrected chi connectivity index (χ0v) is 11.0. The van der Waals surface area contributed by atoms with Crippen LogP contribution in [0.5, 0.6) is 0 Å². The van der Waals surface area contributed by atoms with Crippen LogP contribution in [0.4, 0.5) is 0 Å². The highest BCUT2D eigenvalue weighted by Gasteiger charge is 2.42. The highest BCUT2D eigenvalue weighted by atomic mass is 16.4. The van der Waals surface area contributed by atoms with Crippen molar-refractivity contribution in [2.75, 3.05) is 13.1 Å². The van der Waals surface area contributed by atoms with E-state index >= 15 is 0 Å².